The van der Waals surface area contributed by atoms with Crippen LogP contribution in [0.3, 0.4) is 0 Å². The smallest absolute Gasteiger partial charge is 0.332 e. The molecule has 0 spiro atoms. The maximum atomic E-state index is 12.8. The molecule has 8 nitrogen and oxygen atoms in total. The molecule has 1 aromatic heterocycles. The lowest BCUT2D eigenvalue weighted by Crippen LogP contribution is -2.40. The van der Waals surface area contributed by atoms with E-state index in [-0.39, 0.29) is 13.0 Å². The zero-order valence-electron chi connectivity index (χ0n) is 17.2. The van der Waals surface area contributed by atoms with Gasteiger partial charge in [0.15, 0.2) is 10.6 Å². The SMILES string of the molecule is CC.Cc1c(N(C)C(=O)N(C=O)Cc2ccc(Cl)c(Cl)c2)nc(Br)n1CCC(N)=O. The molecule has 0 radical (unpaired) electrons. The van der Waals surface area contributed by atoms with Crippen molar-refractivity contribution < 1.29 is 14.4 Å². The summed E-state index contributed by atoms with van der Waals surface area (Å²) in [5, 5.41) is 0.715. The molecular weight excluding hydrogens is 497 g/mol. The van der Waals surface area contributed by atoms with Crippen molar-refractivity contribution in [2.75, 3.05) is 11.9 Å². The van der Waals surface area contributed by atoms with Crippen molar-refractivity contribution in [3.05, 3.63) is 44.2 Å². The number of primary amides is 1. The predicted octanol–water partition coefficient (Wildman–Crippen LogP) is 4.38. The Hall–Kier alpha value is -2.10. The molecule has 0 saturated carbocycles. The van der Waals surface area contributed by atoms with Crippen molar-refractivity contribution in [1.82, 2.24) is 14.5 Å². The molecule has 0 atom stereocenters. The minimum atomic E-state index is -0.573. The second-order valence-corrected chi connectivity index (χ2v) is 7.50. The van der Waals surface area contributed by atoms with Crippen LogP contribution in [0.4, 0.5) is 10.6 Å². The highest BCUT2D eigenvalue weighted by molar-refractivity contribution is 9.10. The Bertz CT molecular complexity index is 920. The standard InChI is InChI=1S/C17H18BrCl2N5O3.C2H6/c1-10-15(22-16(18)25(10)6-5-14(21)27)23(2)17(28)24(9-26)8-11-3-4-12(19)13(20)7-11;1-2/h3-4,7,9H,5-6,8H2,1-2H3,(H2,21,27);1-2H3. The van der Waals surface area contributed by atoms with E-state index in [1.165, 1.54) is 11.9 Å². The summed E-state index contributed by atoms with van der Waals surface area (Å²) in [4.78, 5) is 41.9. The Labute approximate surface area is 194 Å². The fourth-order valence-corrected chi connectivity index (χ4v) is 3.49. The van der Waals surface area contributed by atoms with Crippen molar-refractivity contribution in [1.29, 1.82) is 0 Å². The number of anilines is 1. The summed E-state index contributed by atoms with van der Waals surface area (Å²) in [6.07, 6.45) is 0.570. The van der Waals surface area contributed by atoms with Gasteiger partial charge < -0.3 is 10.3 Å². The van der Waals surface area contributed by atoms with Crippen LogP contribution in [0.25, 0.3) is 0 Å². The van der Waals surface area contributed by atoms with Crippen LogP contribution in [0.5, 0.6) is 0 Å². The van der Waals surface area contributed by atoms with Gasteiger partial charge in [-0.05, 0) is 40.5 Å². The van der Waals surface area contributed by atoms with E-state index in [0.717, 1.165) is 4.90 Å². The molecule has 1 heterocycles. The third kappa shape index (κ3) is 6.45. The van der Waals surface area contributed by atoms with Crippen LogP contribution in [0.1, 0.15) is 31.5 Å². The summed E-state index contributed by atoms with van der Waals surface area (Å²) in [5.74, 6) is -0.0953. The van der Waals surface area contributed by atoms with E-state index in [1.807, 2.05) is 13.8 Å². The fraction of sp³-hybridized carbons (Fsp3) is 0.368. The summed E-state index contributed by atoms with van der Waals surface area (Å²) in [7, 11) is 1.51. The number of carbonyl (C=O) groups is 3. The van der Waals surface area contributed by atoms with Gasteiger partial charge in [0.1, 0.15) is 0 Å². The number of benzene rings is 1. The molecule has 2 N–H and O–H groups in total. The number of amides is 4. The van der Waals surface area contributed by atoms with E-state index in [2.05, 4.69) is 20.9 Å². The lowest BCUT2D eigenvalue weighted by molar-refractivity contribution is -0.118. The number of nitrogens with zero attached hydrogens (tertiary/aromatic N) is 4. The van der Waals surface area contributed by atoms with Gasteiger partial charge in [0, 0.05) is 20.0 Å². The Morgan fingerprint density at radius 1 is 1.27 bits per heavy atom. The summed E-state index contributed by atoms with van der Waals surface area (Å²) < 4.78 is 2.16. The Morgan fingerprint density at radius 2 is 1.90 bits per heavy atom. The Morgan fingerprint density at radius 3 is 2.43 bits per heavy atom. The van der Waals surface area contributed by atoms with Gasteiger partial charge >= 0.3 is 6.03 Å². The Balaban J connectivity index is 0.00000218. The molecule has 0 aliphatic carbocycles. The van der Waals surface area contributed by atoms with E-state index >= 15 is 0 Å². The predicted molar refractivity (Wildman–Crippen MR) is 122 cm³/mol. The van der Waals surface area contributed by atoms with Crippen molar-refractivity contribution in [2.45, 2.75) is 40.3 Å². The number of hydrogen-bond donors (Lipinski definition) is 1. The average Bonchev–Trinajstić information content (AvgIpc) is 3.01. The number of nitrogens with two attached hydrogens (primary N) is 1. The zero-order valence-corrected chi connectivity index (χ0v) is 20.3. The average molecular weight is 521 g/mol. The van der Waals surface area contributed by atoms with Gasteiger partial charge in [0.25, 0.3) is 0 Å². The molecule has 4 amide bonds. The van der Waals surface area contributed by atoms with Gasteiger partial charge in [-0.3, -0.25) is 19.4 Å². The van der Waals surface area contributed by atoms with E-state index < -0.39 is 11.9 Å². The lowest BCUT2D eigenvalue weighted by atomic mass is 10.2. The highest BCUT2D eigenvalue weighted by Crippen LogP contribution is 2.26. The minimum Gasteiger partial charge on any atom is -0.370 e. The first kappa shape index (κ1) is 25.9. The van der Waals surface area contributed by atoms with Crippen molar-refractivity contribution in [2.24, 2.45) is 5.73 Å². The van der Waals surface area contributed by atoms with Gasteiger partial charge in [-0.15, -0.1) is 0 Å². The van der Waals surface area contributed by atoms with Crippen molar-refractivity contribution in [3.63, 3.8) is 0 Å². The Kier molecular flexibility index (Phi) is 10.3. The van der Waals surface area contributed by atoms with Crippen LogP contribution in [-0.4, -0.2) is 39.8 Å². The monoisotopic (exact) mass is 519 g/mol. The van der Waals surface area contributed by atoms with Gasteiger partial charge in [-0.1, -0.05) is 43.1 Å². The molecule has 2 rings (SSSR count). The third-order valence-electron chi connectivity index (χ3n) is 4.05. The zero-order chi connectivity index (χ0) is 23.0. The van der Waals surface area contributed by atoms with Gasteiger partial charge in [0.05, 0.1) is 22.3 Å². The van der Waals surface area contributed by atoms with E-state index in [4.69, 9.17) is 28.9 Å². The number of imidazole rings is 1. The topological polar surface area (TPSA) is 102 Å². The van der Waals surface area contributed by atoms with Gasteiger partial charge in [-0.25, -0.2) is 9.78 Å². The van der Waals surface area contributed by atoms with Crippen LogP contribution in [0, 0.1) is 6.92 Å². The second-order valence-electron chi connectivity index (χ2n) is 5.98. The second kappa shape index (κ2) is 11.9. The number of halogens is 3. The first-order valence-electron chi connectivity index (χ1n) is 9.10. The summed E-state index contributed by atoms with van der Waals surface area (Å²) in [5.41, 5.74) is 6.48. The molecule has 0 bridgehead atoms. The third-order valence-corrected chi connectivity index (χ3v) is 5.39. The van der Waals surface area contributed by atoms with Crippen LogP contribution >= 0.6 is 39.1 Å². The molecule has 1 aromatic carbocycles. The molecule has 164 valence electrons. The maximum Gasteiger partial charge on any atom is 0.332 e. The molecule has 30 heavy (non-hydrogen) atoms. The normalized spacial score (nSPS) is 10.1. The first-order valence-corrected chi connectivity index (χ1v) is 10.6. The number of rotatable bonds is 7. The van der Waals surface area contributed by atoms with Gasteiger partial charge in [-0.2, -0.15) is 0 Å². The molecule has 0 unspecified atom stereocenters. The summed E-state index contributed by atoms with van der Waals surface area (Å²) in [6, 6.07) is 4.29. The van der Waals surface area contributed by atoms with Crippen LogP contribution in [0.15, 0.2) is 22.9 Å². The molecule has 0 saturated heterocycles. The van der Waals surface area contributed by atoms with Gasteiger partial charge in [0.2, 0.25) is 12.3 Å². The molecule has 0 aliphatic rings. The number of aromatic nitrogens is 2. The lowest BCUT2D eigenvalue weighted by Gasteiger charge is -2.23. The fourth-order valence-electron chi connectivity index (χ4n) is 2.56. The number of hydrogen-bond acceptors (Lipinski definition) is 4. The number of imide groups is 1. The van der Waals surface area contributed by atoms with Crippen LogP contribution in [0.2, 0.25) is 10.0 Å². The van der Waals surface area contributed by atoms with Crippen molar-refractivity contribution in [3.8, 4) is 0 Å². The molecular formula is C19H24BrCl2N5O3. The number of urea groups is 1. The first-order chi connectivity index (χ1) is 14.1. The molecule has 2 aromatic rings. The van der Waals surface area contributed by atoms with Crippen molar-refractivity contribution >= 4 is 63.3 Å². The van der Waals surface area contributed by atoms with E-state index in [0.29, 0.717) is 44.8 Å². The quantitative estimate of drug-likeness (QED) is 0.547. The van der Waals surface area contributed by atoms with Crippen LogP contribution in [-0.2, 0) is 22.7 Å². The largest absolute Gasteiger partial charge is 0.370 e. The maximum absolute atomic E-state index is 12.8. The molecule has 0 fully saturated rings. The highest BCUT2D eigenvalue weighted by atomic mass is 79.9. The van der Waals surface area contributed by atoms with E-state index in [1.54, 1.807) is 29.7 Å². The minimum absolute atomic E-state index is 0.0200. The number of carbonyl (C=O) groups excluding carboxylic acids is 3. The molecule has 11 heteroatoms. The van der Waals surface area contributed by atoms with E-state index in [9.17, 15) is 14.4 Å². The van der Waals surface area contributed by atoms with Crippen LogP contribution < -0.4 is 10.6 Å². The molecule has 0 aliphatic heterocycles. The summed E-state index contributed by atoms with van der Waals surface area (Å²) in [6.45, 7) is 6.09. The summed E-state index contributed by atoms with van der Waals surface area (Å²) >= 11 is 15.2. The highest BCUT2D eigenvalue weighted by Gasteiger charge is 2.24.